The molecule has 0 unspecified atom stereocenters. The van der Waals surface area contributed by atoms with Gasteiger partial charge in [-0.2, -0.15) is 0 Å². The van der Waals surface area contributed by atoms with Crippen molar-refractivity contribution < 1.29 is 8.85 Å². The number of hydrogen-bond acceptors (Lipinski definition) is 2. The van der Waals surface area contributed by atoms with Crippen LogP contribution in [-0.4, -0.2) is 21.8 Å². The summed E-state index contributed by atoms with van der Waals surface area (Å²) in [7, 11) is -2.04. The highest BCUT2D eigenvalue weighted by atomic mass is 28.4. The third-order valence-corrected chi connectivity index (χ3v) is 8.05. The van der Waals surface area contributed by atoms with Crippen LogP contribution in [0.3, 0.4) is 0 Å². The highest BCUT2D eigenvalue weighted by Gasteiger charge is 2.49. The van der Waals surface area contributed by atoms with Crippen LogP contribution in [0, 0.1) is 5.92 Å². The summed E-state index contributed by atoms with van der Waals surface area (Å²) in [6.45, 7) is 16.8. The maximum atomic E-state index is 5.91. The molecule has 0 aromatic rings. The van der Waals surface area contributed by atoms with Gasteiger partial charge < -0.3 is 8.85 Å². The van der Waals surface area contributed by atoms with Crippen LogP contribution >= 0.6 is 0 Å². The Hall–Kier alpha value is 0.137. The Labute approximate surface area is 90.2 Å². The van der Waals surface area contributed by atoms with Gasteiger partial charge in [0.05, 0.1) is 0 Å². The van der Waals surface area contributed by atoms with Crippen molar-refractivity contribution in [2.45, 2.75) is 53.1 Å². The molecule has 2 nitrogen and oxygen atoms in total. The van der Waals surface area contributed by atoms with Gasteiger partial charge in [-0.05, 0) is 26.3 Å². The molecule has 0 saturated carbocycles. The van der Waals surface area contributed by atoms with Gasteiger partial charge in [0.2, 0.25) is 0 Å². The van der Waals surface area contributed by atoms with Crippen molar-refractivity contribution in [2.75, 3.05) is 13.2 Å². The summed E-state index contributed by atoms with van der Waals surface area (Å²) in [5.74, 6) is 0.581. The summed E-state index contributed by atoms with van der Waals surface area (Å²) in [5.41, 5.74) is 0. The van der Waals surface area contributed by atoms with Gasteiger partial charge in [0.15, 0.2) is 0 Å². The molecule has 0 heterocycles. The predicted molar refractivity (Wildman–Crippen MR) is 63.7 cm³/mol. The van der Waals surface area contributed by atoms with E-state index in [1.807, 2.05) is 13.8 Å². The quantitative estimate of drug-likeness (QED) is 0.635. The molecule has 0 aliphatic heterocycles. The topological polar surface area (TPSA) is 18.5 Å². The van der Waals surface area contributed by atoms with E-state index in [2.05, 4.69) is 34.2 Å². The van der Waals surface area contributed by atoms with E-state index in [-0.39, 0.29) is 5.04 Å². The molecular weight excluding hydrogens is 192 g/mol. The fourth-order valence-corrected chi connectivity index (χ4v) is 4.47. The lowest BCUT2D eigenvalue weighted by Gasteiger charge is -2.43. The Kier molecular flexibility index (Phi) is 5.34. The van der Waals surface area contributed by atoms with Crippen LogP contribution < -0.4 is 0 Å². The van der Waals surface area contributed by atoms with Crippen LogP contribution in [0.15, 0.2) is 0 Å². The van der Waals surface area contributed by atoms with Crippen molar-refractivity contribution in [3.05, 3.63) is 0 Å². The molecule has 0 aliphatic carbocycles. The van der Waals surface area contributed by atoms with Crippen molar-refractivity contribution in [1.82, 2.24) is 0 Å². The van der Waals surface area contributed by atoms with Crippen LogP contribution in [0.2, 0.25) is 11.6 Å². The van der Waals surface area contributed by atoms with Gasteiger partial charge >= 0.3 is 8.56 Å². The molecule has 0 spiro atoms. The molecule has 0 aromatic heterocycles. The van der Waals surface area contributed by atoms with Crippen LogP contribution in [0.25, 0.3) is 0 Å². The fourth-order valence-electron chi connectivity index (χ4n) is 1.49. The third kappa shape index (κ3) is 2.81. The molecule has 0 bridgehead atoms. The highest BCUT2D eigenvalue weighted by Crippen LogP contribution is 2.45. The van der Waals surface area contributed by atoms with Gasteiger partial charge in [-0.25, -0.2) is 0 Å². The molecule has 0 N–H and O–H groups in total. The van der Waals surface area contributed by atoms with E-state index in [0.29, 0.717) is 5.92 Å². The average Bonchev–Trinajstić information content (AvgIpc) is 2.04. The summed E-state index contributed by atoms with van der Waals surface area (Å²) >= 11 is 0. The zero-order chi connectivity index (χ0) is 11.4. The predicted octanol–water partition coefficient (Wildman–Crippen LogP) is 3.57. The van der Waals surface area contributed by atoms with Crippen molar-refractivity contribution in [3.63, 3.8) is 0 Å². The first-order chi connectivity index (χ1) is 6.31. The van der Waals surface area contributed by atoms with Gasteiger partial charge in [0.25, 0.3) is 0 Å². The van der Waals surface area contributed by atoms with Crippen LogP contribution in [0.5, 0.6) is 0 Å². The first-order valence-electron chi connectivity index (χ1n) is 5.59. The highest BCUT2D eigenvalue weighted by molar-refractivity contribution is 6.69. The molecule has 0 saturated heterocycles. The fraction of sp³-hybridized carbons (Fsp3) is 1.00. The van der Waals surface area contributed by atoms with E-state index < -0.39 is 8.56 Å². The molecule has 0 aromatic carbocycles. The maximum Gasteiger partial charge on any atom is 0.341 e. The standard InChI is InChI=1S/C11H26O2Si/c1-8-12-14(7,13-9-2)11(5,6)10(3)4/h10H,8-9H2,1-7H3. The molecule has 0 atom stereocenters. The minimum atomic E-state index is -2.04. The lowest BCUT2D eigenvalue weighted by molar-refractivity contribution is 0.151. The molecule has 0 radical (unpaired) electrons. The zero-order valence-electron chi connectivity index (χ0n) is 10.8. The second-order valence-electron chi connectivity index (χ2n) is 4.69. The molecule has 0 rings (SSSR count). The summed E-state index contributed by atoms with van der Waals surface area (Å²) in [6, 6.07) is 0. The van der Waals surface area contributed by atoms with E-state index >= 15 is 0 Å². The summed E-state index contributed by atoms with van der Waals surface area (Å²) < 4.78 is 11.8. The lowest BCUT2D eigenvalue weighted by atomic mass is 9.99. The first kappa shape index (κ1) is 14.1. The monoisotopic (exact) mass is 218 g/mol. The normalized spacial score (nSPS) is 13.7. The Morgan fingerprint density at radius 3 is 1.64 bits per heavy atom. The average molecular weight is 218 g/mol. The largest absolute Gasteiger partial charge is 0.394 e. The SMILES string of the molecule is CCO[Si](C)(OCC)C(C)(C)C(C)C. The molecule has 3 heteroatoms. The van der Waals surface area contributed by atoms with Crippen LogP contribution in [0.4, 0.5) is 0 Å². The first-order valence-corrected chi connectivity index (χ1v) is 7.91. The zero-order valence-corrected chi connectivity index (χ0v) is 11.8. The van der Waals surface area contributed by atoms with Crippen molar-refractivity contribution in [1.29, 1.82) is 0 Å². The Morgan fingerprint density at radius 2 is 1.43 bits per heavy atom. The van der Waals surface area contributed by atoms with Crippen molar-refractivity contribution in [2.24, 2.45) is 5.92 Å². The molecular formula is C11H26O2Si. The van der Waals surface area contributed by atoms with Crippen molar-refractivity contribution in [3.8, 4) is 0 Å². The molecule has 86 valence electrons. The number of rotatable bonds is 6. The Balaban J connectivity index is 4.78. The second-order valence-corrected chi connectivity index (χ2v) is 8.45. The summed E-state index contributed by atoms with van der Waals surface area (Å²) in [6.07, 6.45) is 0. The maximum absolute atomic E-state index is 5.91. The second kappa shape index (κ2) is 5.28. The molecule has 14 heavy (non-hydrogen) atoms. The van der Waals surface area contributed by atoms with Gasteiger partial charge in [0, 0.05) is 18.3 Å². The Morgan fingerprint density at radius 1 is 1.07 bits per heavy atom. The van der Waals surface area contributed by atoms with Gasteiger partial charge in [-0.15, -0.1) is 0 Å². The van der Waals surface area contributed by atoms with E-state index in [1.165, 1.54) is 0 Å². The molecule has 0 amide bonds. The van der Waals surface area contributed by atoms with Gasteiger partial charge in [-0.1, -0.05) is 27.7 Å². The minimum Gasteiger partial charge on any atom is -0.394 e. The molecule has 0 aliphatic rings. The van der Waals surface area contributed by atoms with Crippen LogP contribution in [-0.2, 0) is 8.85 Å². The van der Waals surface area contributed by atoms with Crippen molar-refractivity contribution >= 4 is 8.56 Å². The minimum absolute atomic E-state index is 0.152. The van der Waals surface area contributed by atoms with Gasteiger partial charge in [0.1, 0.15) is 0 Å². The smallest absolute Gasteiger partial charge is 0.341 e. The summed E-state index contributed by atoms with van der Waals surface area (Å²) in [4.78, 5) is 0. The van der Waals surface area contributed by atoms with E-state index in [1.54, 1.807) is 0 Å². The number of hydrogen-bond donors (Lipinski definition) is 0. The molecule has 0 fully saturated rings. The van der Waals surface area contributed by atoms with Crippen LogP contribution in [0.1, 0.15) is 41.5 Å². The van der Waals surface area contributed by atoms with E-state index in [4.69, 9.17) is 8.85 Å². The lowest BCUT2D eigenvalue weighted by Crippen LogP contribution is -2.51. The van der Waals surface area contributed by atoms with E-state index in [0.717, 1.165) is 13.2 Å². The third-order valence-electron chi connectivity index (χ3n) is 3.45. The Bertz CT molecular complexity index is 161. The van der Waals surface area contributed by atoms with E-state index in [9.17, 15) is 0 Å². The summed E-state index contributed by atoms with van der Waals surface area (Å²) in [5, 5.41) is 0.152. The van der Waals surface area contributed by atoms with Gasteiger partial charge in [-0.3, -0.25) is 0 Å².